The number of nitrogens with one attached hydrogen (secondary N) is 2. The van der Waals surface area contributed by atoms with Gasteiger partial charge in [-0.3, -0.25) is 14.7 Å². The Morgan fingerprint density at radius 2 is 2.03 bits per heavy atom. The van der Waals surface area contributed by atoms with Gasteiger partial charge in [0.05, 0.1) is 11.7 Å². The molecule has 3 N–H and O–H groups in total. The molecule has 3 aromatic rings. The monoisotopic (exact) mass is 409 g/mol. The number of H-pyrrole nitrogens is 1. The lowest BCUT2D eigenvalue weighted by Crippen LogP contribution is -2.48. The highest BCUT2D eigenvalue weighted by Crippen LogP contribution is 2.34. The van der Waals surface area contributed by atoms with Crippen LogP contribution in [0.4, 0.5) is 0 Å². The standard InChI is InChI=1S/C20H23N7O3/c1-26-13-3-4-14(26)8-12(7-13)21-20(30)19-15-5-2-11(6-16(15)22-24-19)17-9-27(25-23-17)10-18(28)29/h2,5-6,9,12-14H,3-4,7-8,10H2,1H3,(H,21,30)(H,22,24)(H,28,29). The molecule has 5 rings (SSSR count). The van der Waals surface area contributed by atoms with E-state index < -0.39 is 5.97 Å². The first kappa shape index (κ1) is 18.7. The van der Waals surface area contributed by atoms with Crippen LogP contribution >= 0.6 is 0 Å². The summed E-state index contributed by atoms with van der Waals surface area (Å²) in [6, 6.07) is 6.80. The Labute approximate surface area is 172 Å². The van der Waals surface area contributed by atoms with Crippen molar-refractivity contribution >= 4 is 22.8 Å². The lowest BCUT2D eigenvalue weighted by molar-refractivity contribution is -0.137. The molecule has 4 heterocycles. The fourth-order valence-electron chi connectivity index (χ4n) is 4.78. The fraction of sp³-hybridized carbons (Fsp3) is 0.450. The number of benzene rings is 1. The van der Waals surface area contributed by atoms with Gasteiger partial charge in [-0.05, 0) is 44.9 Å². The van der Waals surface area contributed by atoms with Gasteiger partial charge in [0.15, 0.2) is 5.69 Å². The molecule has 2 atom stereocenters. The third-order valence-electron chi connectivity index (χ3n) is 6.34. The molecule has 2 unspecified atom stereocenters. The molecule has 30 heavy (non-hydrogen) atoms. The van der Waals surface area contributed by atoms with Crippen LogP contribution in [0, 0.1) is 0 Å². The maximum atomic E-state index is 12.9. The first-order chi connectivity index (χ1) is 14.5. The molecule has 1 aromatic carbocycles. The lowest BCUT2D eigenvalue weighted by atomic mass is 9.98. The van der Waals surface area contributed by atoms with E-state index in [2.05, 4.69) is 37.8 Å². The molecule has 2 fully saturated rings. The van der Waals surface area contributed by atoms with Crippen LogP contribution in [0.5, 0.6) is 0 Å². The van der Waals surface area contributed by atoms with E-state index in [-0.39, 0.29) is 18.5 Å². The molecule has 0 saturated carbocycles. The van der Waals surface area contributed by atoms with Crippen LogP contribution in [0.3, 0.4) is 0 Å². The van der Waals surface area contributed by atoms with Crippen molar-refractivity contribution in [2.24, 2.45) is 0 Å². The maximum Gasteiger partial charge on any atom is 0.325 e. The van der Waals surface area contributed by atoms with E-state index in [0.717, 1.165) is 23.8 Å². The highest BCUT2D eigenvalue weighted by molar-refractivity contribution is 6.05. The number of nitrogens with zero attached hydrogens (tertiary/aromatic N) is 5. The Hall–Kier alpha value is -3.27. The van der Waals surface area contributed by atoms with E-state index in [9.17, 15) is 9.59 Å². The third kappa shape index (κ3) is 3.32. The molecule has 0 radical (unpaired) electrons. The maximum absolute atomic E-state index is 12.9. The normalized spacial score (nSPS) is 23.7. The van der Waals surface area contributed by atoms with Crippen LogP contribution in [0.25, 0.3) is 22.2 Å². The van der Waals surface area contributed by atoms with Gasteiger partial charge in [0.2, 0.25) is 0 Å². The van der Waals surface area contributed by atoms with Gasteiger partial charge in [0, 0.05) is 29.1 Å². The summed E-state index contributed by atoms with van der Waals surface area (Å²) in [6.45, 7) is -0.248. The number of carbonyl (C=O) groups is 2. The van der Waals surface area contributed by atoms with Crippen molar-refractivity contribution in [3.05, 3.63) is 30.1 Å². The van der Waals surface area contributed by atoms with E-state index in [1.165, 1.54) is 17.5 Å². The van der Waals surface area contributed by atoms with Gasteiger partial charge < -0.3 is 15.3 Å². The number of aliphatic carboxylic acids is 1. The summed E-state index contributed by atoms with van der Waals surface area (Å²) in [5, 5.41) is 27.8. The van der Waals surface area contributed by atoms with Crippen LogP contribution in [0.15, 0.2) is 24.4 Å². The summed E-state index contributed by atoms with van der Waals surface area (Å²) < 4.78 is 1.27. The number of hydrogen-bond acceptors (Lipinski definition) is 6. The molecular weight excluding hydrogens is 386 g/mol. The number of carbonyl (C=O) groups excluding carboxylic acids is 1. The summed E-state index contributed by atoms with van der Waals surface area (Å²) in [7, 11) is 2.18. The van der Waals surface area contributed by atoms with Gasteiger partial charge in [-0.25, -0.2) is 4.68 Å². The molecule has 1 amide bonds. The summed E-state index contributed by atoms with van der Waals surface area (Å²) in [5.41, 5.74) is 2.42. The van der Waals surface area contributed by atoms with Gasteiger partial charge in [0.25, 0.3) is 5.91 Å². The number of carboxylic acid groups (broad SMARTS) is 1. The van der Waals surface area contributed by atoms with Gasteiger partial charge in [-0.2, -0.15) is 5.10 Å². The number of fused-ring (bicyclic) bond motifs is 3. The second-order valence-corrected chi connectivity index (χ2v) is 8.22. The number of aromatic nitrogens is 5. The predicted octanol–water partition coefficient (Wildman–Crippen LogP) is 1.26. The molecule has 10 nitrogen and oxygen atoms in total. The SMILES string of the molecule is CN1C2CCC1CC(NC(=O)c1n[nH]c3cc(-c4cn(CC(=O)O)nn4)ccc13)C2. The summed E-state index contributed by atoms with van der Waals surface area (Å²) >= 11 is 0. The average molecular weight is 409 g/mol. The van der Waals surface area contributed by atoms with Gasteiger partial charge in [0.1, 0.15) is 12.2 Å². The van der Waals surface area contributed by atoms with Crippen LogP contribution < -0.4 is 5.32 Å². The number of aromatic amines is 1. The van der Waals surface area contributed by atoms with Crippen molar-refractivity contribution < 1.29 is 14.7 Å². The summed E-state index contributed by atoms with van der Waals surface area (Å²) in [6.07, 6.45) is 5.96. The largest absolute Gasteiger partial charge is 0.480 e. The number of hydrogen-bond donors (Lipinski definition) is 3. The Balaban J connectivity index is 1.33. The van der Waals surface area contributed by atoms with Crippen LogP contribution in [-0.2, 0) is 11.3 Å². The first-order valence-electron chi connectivity index (χ1n) is 10.1. The van der Waals surface area contributed by atoms with Crippen molar-refractivity contribution in [2.75, 3.05) is 7.05 Å². The zero-order chi connectivity index (χ0) is 20.8. The van der Waals surface area contributed by atoms with Gasteiger partial charge in [-0.1, -0.05) is 11.3 Å². The molecule has 10 heteroatoms. The molecular formula is C20H23N7O3. The fourth-order valence-corrected chi connectivity index (χ4v) is 4.78. The zero-order valence-corrected chi connectivity index (χ0v) is 16.6. The highest BCUT2D eigenvalue weighted by Gasteiger charge is 2.39. The second kappa shape index (κ2) is 7.21. The Kier molecular flexibility index (Phi) is 4.50. The topological polar surface area (TPSA) is 129 Å². The van der Waals surface area contributed by atoms with E-state index in [0.29, 0.717) is 29.0 Å². The van der Waals surface area contributed by atoms with Crippen LogP contribution in [0.1, 0.15) is 36.2 Å². The van der Waals surface area contributed by atoms with E-state index in [4.69, 9.17) is 5.11 Å². The third-order valence-corrected chi connectivity index (χ3v) is 6.34. The van der Waals surface area contributed by atoms with Crippen molar-refractivity contribution in [1.29, 1.82) is 0 Å². The Bertz CT molecular complexity index is 1110. The summed E-state index contributed by atoms with van der Waals surface area (Å²) in [4.78, 5) is 26.1. The second-order valence-electron chi connectivity index (χ2n) is 8.22. The summed E-state index contributed by atoms with van der Waals surface area (Å²) in [5.74, 6) is -1.14. The van der Waals surface area contributed by atoms with Gasteiger partial charge >= 0.3 is 5.97 Å². The van der Waals surface area contributed by atoms with E-state index in [1.807, 2.05) is 18.2 Å². The van der Waals surface area contributed by atoms with Crippen LogP contribution in [0.2, 0.25) is 0 Å². The van der Waals surface area contributed by atoms with Crippen LogP contribution in [-0.4, -0.2) is 72.2 Å². The Morgan fingerprint density at radius 3 is 2.77 bits per heavy atom. The number of carboxylic acids is 1. The Morgan fingerprint density at radius 1 is 1.27 bits per heavy atom. The number of rotatable bonds is 5. The molecule has 2 aromatic heterocycles. The quantitative estimate of drug-likeness (QED) is 0.578. The lowest BCUT2D eigenvalue weighted by Gasteiger charge is -2.36. The number of amides is 1. The molecule has 2 aliphatic rings. The molecule has 156 valence electrons. The molecule has 2 aliphatic heterocycles. The highest BCUT2D eigenvalue weighted by atomic mass is 16.4. The number of piperidine rings is 1. The van der Waals surface area contributed by atoms with Crippen molar-refractivity contribution in [1.82, 2.24) is 35.4 Å². The smallest absolute Gasteiger partial charge is 0.325 e. The van der Waals surface area contributed by atoms with Crippen molar-refractivity contribution in [2.45, 2.75) is 50.4 Å². The minimum atomic E-state index is -0.983. The first-order valence-corrected chi connectivity index (χ1v) is 10.1. The van der Waals surface area contributed by atoms with Crippen molar-refractivity contribution in [3.63, 3.8) is 0 Å². The van der Waals surface area contributed by atoms with E-state index >= 15 is 0 Å². The zero-order valence-electron chi connectivity index (χ0n) is 16.6. The minimum absolute atomic E-state index is 0.157. The molecule has 0 spiro atoms. The predicted molar refractivity (Wildman–Crippen MR) is 108 cm³/mol. The van der Waals surface area contributed by atoms with Gasteiger partial charge in [-0.15, -0.1) is 5.10 Å². The molecule has 2 saturated heterocycles. The molecule has 2 bridgehead atoms. The van der Waals surface area contributed by atoms with E-state index in [1.54, 1.807) is 6.20 Å². The van der Waals surface area contributed by atoms with Crippen molar-refractivity contribution in [3.8, 4) is 11.3 Å². The minimum Gasteiger partial charge on any atom is -0.480 e. The molecule has 0 aliphatic carbocycles. The average Bonchev–Trinajstić information content (AvgIpc) is 3.38.